The number of fused-ring (bicyclic) bond motifs is 5. The van der Waals surface area contributed by atoms with Crippen LogP contribution < -0.4 is 15.1 Å². The first kappa shape index (κ1) is 22.1. The molecule has 2 amide bonds. The van der Waals surface area contributed by atoms with Crippen molar-refractivity contribution < 1.29 is 18.7 Å². The molecule has 0 fully saturated rings. The zero-order valence-electron chi connectivity index (χ0n) is 20.0. The fourth-order valence-electron chi connectivity index (χ4n) is 5.52. The molecule has 0 aliphatic carbocycles. The largest absolute Gasteiger partial charge is 0.497 e. The number of amides is 2. The van der Waals surface area contributed by atoms with Gasteiger partial charge >= 0.3 is 0 Å². The maximum Gasteiger partial charge on any atom is 0.291 e. The van der Waals surface area contributed by atoms with E-state index in [9.17, 15) is 14.4 Å². The van der Waals surface area contributed by atoms with E-state index in [0.29, 0.717) is 34.5 Å². The van der Waals surface area contributed by atoms with Crippen LogP contribution in [0.4, 0.5) is 5.69 Å². The van der Waals surface area contributed by atoms with Crippen LogP contribution in [0.15, 0.2) is 82.0 Å². The second-order valence-electron chi connectivity index (χ2n) is 9.06. The highest BCUT2D eigenvalue weighted by Crippen LogP contribution is 2.53. The number of anilines is 1. The molecule has 3 aromatic carbocycles. The topological polar surface area (TPSA) is 80.1 Å². The van der Waals surface area contributed by atoms with Crippen molar-refractivity contribution >= 4 is 28.5 Å². The molecule has 0 N–H and O–H groups in total. The van der Waals surface area contributed by atoms with Crippen molar-refractivity contribution in [1.82, 2.24) is 4.90 Å². The molecule has 36 heavy (non-hydrogen) atoms. The number of ether oxygens (including phenoxy) is 1. The van der Waals surface area contributed by atoms with Gasteiger partial charge in [-0.25, -0.2) is 0 Å². The van der Waals surface area contributed by atoms with Gasteiger partial charge in [-0.3, -0.25) is 14.4 Å². The summed E-state index contributed by atoms with van der Waals surface area (Å²) in [6.45, 7) is 2.57. The van der Waals surface area contributed by atoms with E-state index >= 15 is 0 Å². The maximum atomic E-state index is 14.4. The number of methoxy groups -OCH3 is 1. The standard InChI is InChI=1S/C29H24N2O5/c1-3-16-30-22-10-6-5-9-21(22)29(28(30)34)24-25(32)20-8-4-7-11-23(20)36-26(24)27(33)31(29)17-18-12-14-19(35-2)15-13-18/h4-15H,3,16-17H2,1-2H3. The van der Waals surface area contributed by atoms with Crippen molar-refractivity contribution in [2.75, 3.05) is 18.6 Å². The summed E-state index contributed by atoms with van der Waals surface area (Å²) < 4.78 is 11.3. The van der Waals surface area contributed by atoms with Crippen LogP contribution in [0.2, 0.25) is 0 Å². The monoisotopic (exact) mass is 480 g/mol. The molecule has 7 heteroatoms. The summed E-state index contributed by atoms with van der Waals surface area (Å²) in [7, 11) is 1.59. The van der Waals surface area contributed by atoms with E-state index in [2.05, 4.69) is 0 Å². The van der Waals surface area contributed by atoms with Gasteiger partial charge in [-0.05, 0) is 42.3 Å². The van der Waals surface area contributed by atoms with Crippen LogP contribution in [0.25, 0.3) is 11.0 Å². The summed E-state index contributed by atoms with van der Waals surface area (Å²) in [6.07, 6.45) is 0.724. The molecule has 4 aromatic rings. The Hall–Kier alpha value is -4.39. The van der Waals surface area contributed by atoms with Gasteiger partial charge in [0.1, 0.15) is 11.3 Å². The molecule has 1 spiro atoms. The van der Waals surface area contributed by atoms with Crippen LogP contribution in [0.3, 0.4) is 0 Å². The number of carbonyl (C=O) groups excluding carboxylic acids is 2. The highest BCUT2D eigenvalue weighted by atomic mass is 16.5. The Labute approximate surface area is 207 Å². The molecule has 1 unspecified atom stereocenters. The predicted octanol–water partition coefficient (Wildman–Crippen LogP) is 4.46. The minimum absolute atomic E-state index is 0.0753. The van der Waals surface area contributed by atoms with E-state index in [-0.39, 0.29) is 29.2 Å². The van der Waals surface area contributed by atoms with E-state index < -0.39 is 11.4 Å². The average molecular weight is 481 g/mol. The fourth-order valence-corrected chi connectivity index (χ4v) is 5.52. The van der Waals surface area contributed by atoms with Gasteiger partial charge in [-0.1, -0.05) is 49.4 Å². The summed E-state index contributed by atoms with van der Waals surface area (Å²) in [5.41, 5.74) is 0.564. The lowest BCUT2D eigenvalue weighted by Gasteiger charge is -2.34. The average Bonchev–Trinajstić information content (AvgIpc) is 3.30. The van der Waals surface area contributed by atoms with E-state index in [1.54, 1.807) is 48.4 Å². The minimum Gasteiger partial charge on any atom is -0.497 e. The first-order valence-corrected chi connectivity index (χ1v) is 11.9. The Kier molecular flexibility index (Phi) is 4.96. The van der Waals surface area contributed by atoms with Gasteiger partial charge in [0, 0.05) is 18.7 Å². The summed E-state index contributed by atoms with van der Waals surface area (Å²) >= 11 is 0. The summed E-state index contributed by atoms with van der Waals surface area (Å²) in [6, 6.07) is 21.5. The van der Waals surface area contributed by atoms with E-state index in [4.69, 9.17) is 9.15 Å². The van der Waals surface area contributed by atoms with Gasteiger partial charge in [-0.2, -0.15) is 0 Å². The normalized spacial score (nSPS) is 18.3. The van der Waals surface area contributed by atoms with Crippen LogP contribution in [0.1, 0.15) is 40.6 Å². The van der Waals surface area contributed by atoms with Gasteiger partial charge in [0.2, 0.25) is 5.76 Å². The third-order valence-corrected chi connectivity index (χ3v) is 7.09. The zero-order chi connectivity index (χ0) is 25.0. The first-order chi connectivity index (χ1) is 17.5. The Balaban J connectivity index is 1.66. The van der Waals surface area contributed by atoms with Gasteiger partial charge in [0.15, 0.2) is 11.0 Å². The SMILES string of the molecule is CCCN1C(=O)C2(c3ccccc31)c1c(oc3ccccc3c1=O)C(=O)N2Cc1ccc(OC)cc1. The molecule has 0 saturated heterocycles. The molecular weight excluding hydrogens is 456 g/mol. The molecule has 0 radical (unpaired) electrons. The van der Waals surface area contributed by atoms with Gasteiger partial charge in [-0.15, -0.1) is 0 Å². The van der Waals surface area contributed by atoms with Crippen molar-refractivity contribution in [3.63, 3.8) is 0 Å². The maximum absolute atomic E-state index is 14.4. The second-order valence-corrected chi connectivity index (χ2v) is 9.06. The summed E-state index contributed by atoms with van der Waals surface area (Å²) in [5, 5.41) is 0.342. The number of hydrogen-bond donors (Lipinski definition) is 0. The van der Waals surface area contributed by atoms with E-state index in [1.165, 1.54) is 4.90 Å². The number of hydrogen-bond acceptors (Lipinski definition) is 5. The number of para-hydroxylation sites is 2. The molecule has 6 rings (SSSR count). The summed E-state index contributed by atoms with van der Waals surface area (Å²) in [5.74, 6) is -0.184. The van der Waals surface area contributed by atoms with Crippen molar-refractivity contribution in [1.29, 1.82) is 0 Å². The third kappa shape index (κ3) is 2.83. The Morgan fingerprint density at radius 2 is 1.64 bits per heavy atom. The Bertz CT molecular complexity index is 1590. The van der Waals surface area contributed by atoms with E-state index in [0.717, 1.165) is 12.0 Å². The minimum atomic E-state index is -1.61. The first-order valence-electron chi connectivity index (χ1n) is 11.9. The molecule has 2 aliphatic rings. The molecule has 0 bridgehead atoms. The highest BCUT2D eigenvalue weighted by Gasteiger charge is 2.64. The van der Waals surface area contributed by atoms with Gasteiger partial charge in [0.25, 0.3) is 11.8 Å². The van der Waals surface area contributed by atoms with Crippen LogP contribution in [-0.4, -0.2) is 30.4 Å². The number of benzene rings is 3. The quantitative estimate of drug-likeness (QED) is 0.421. The van der Waals surface area contributed by atoms with Crippen molar-refractivity contribution in [3.05, 3.63) is 105 Å². The van der Waals surface area contributed by atoms with Gasteiger partial charge < -0.3 is 19.0 Å². The van der Waals surface area contributed by atoms with Crippen LogP contribution in [-0.2, 0) is 16.9 Å². The molecule has 180 valence electrons. The van der Waals surface area contributed by atoms with Gasteiger partial charge in [0.05, 0.1) is 23.7 Å². The second kappa shape index (κ2) is 8.09. The Morgan fingerprint density at radius 3 is 2.39 bits per heavy atom. The molecule has 1 atom stereocenters. The summed E-state index contributed by atoms with van der Waals surface area (Å²) in [4.78, 5) is 45.6. The van der Waals surface area contributed by atoms with E-state index in [1.807, 2.05) is 43.3 Å². The highest BCUT2D eigenvalue weighted by molar-refractivity contribution is 6.17. The lowest BCUT2D eigenvalue weighted by molar-refractivity contribution is -0.126. The molecule has 3 heterocycles. The predicted molar refractivity (Wildman–Crippen MR) is 135 cm³/mol. The van der Waals surface area contributed by atoms with Crippen molar-refractivity contribution in [3.8, 4) is 5.75 Å². The number of carbonyl (C=O) groups is 2. The van der Waals surface area contributed by atoms with Crippen LogP contribution in [0.5, 0.6) is 5.75 Å². The van der Waals surface area contributed by atoms with Crippen LogP contribution in [0, 0.1) is 0 Å². The molecule has 7 nitrogen and oxygen atoms in total. The lowest BCUT2D eigenvalue weighted by Crippen LogP contribution is -2.53. The van der Waals surface area contributed by atoms with Crippen molar-refractivity contribution in [2.45, 2.75) is 25.4 Å². The Morgan fingerprint density at radius 1 is 0.917 bits per heavy atom. The zero-order valence-corrected chi connectivity index (χ0v) is 20.0. The molecule has 0 saturated carbocycles. The molecule has 2 aliphatic heterocycles. The third-order valence-electron chi connectivity index (χ3n) is 7.09. The lowest BCUT2D eigenvalue weighted by atomic mass is 9.83. The smallest absolute Gasteiger partial charge is 0.291 e. The molecule has 1 aromatic heterocycles. The molecular formula is C29H24N2O5. The fraction of sp³-hybridized carbons (Fsp3) is 0.207. The van der Waals surface area contributed by atoms with Crippen molar-refractivity contribution in [2.24, 2.45) is 0 Å². The number of nitrogens with zero attached hydrogens (tertiary/aromatic N) is 2. The van der Waals surface area contributed by atoms with Crippen LogP contribution >= 0.6 is 0 Å². The number of rotatable bonds is 5.